The number of fused-ring (bicyclic) bond motifs is 7. The van der Waals surface area contributed by atoms with Gasteiger partial charge < -0.3 is 10.1 Å². The molecule has 0 bridgehead atoms. The maximum absolute atomic E-state index is 14.1. The van der Waals surface area contributed by atoms with Crippen molar-refractivity contribution in [3.63, 3.8) is 0 Å². The van der Waals surface area contributed by atoms with Crippen LogP contribution in [0.2, 0.25) is 0 Å². The second-order valence-corrected chi connectivity index (χ2v) is 7.64. The third-order valence-corrected chi connectivity index (χ3v) is 6.56. The molecule has 3 amide bonds. The molecule has 1 spiro atoms. The molecule has 0 aliphatic carbocycles. The zero-order valence-electron chi connectivity index (χ0n) is 14.9. The molecule has 4 heterocycles. The lowest BCUT2D eigenvalue weighted by molar-refractivity contribution is -0.146. The number of nitrogens with one attached hydrogen (secondary N) is 1. The third-order valence-electron chi connectivity index (χ3n) is 6.56. The van der Waals surface area contributed by atoms with Gasteiger partial charge in [0.05, 0.1) is 25.0 Å². The van der Waals surface area contributed by atoms with Crippen molar-refractivity contribution >= 4 is 23.4 Å². The zero-order chi connectivity index (χ0) is 18.9. The maximum Gasteiger partial charge on any atom is 0.250 e. The summed E-state index contributed by atoms with van der Waals surface area (Å²) >= 11 is 0. The number of benzene rings is 1. The summed E-state index contributed by atoms with van der Waals surface area (Å²) < 4.78 is 19.1. The van der Waals surface area contributed by atoms with E-state index in [1.807, 2.05) is 4.90 Å². The van der Waals surface area contributed by atoms with Gasteiger partial charge >= 0.3 is 0 Å². The summed E-state index contributed by atoms with van der Waals surface area (Å²) in [6.07, 6.45) is 1.59. The summed E-state index contributed by atoms with van der Waals surface area (Å²) in [5.41, 5.74) is -0.317. The summed E-state index contributed by atoms with van der Waals surface area (Å²) in [5, 5.41) is 2.82. The quantitative estimate of drug-likeness (QED) is 0.789. The van der Waals surface area contributed by atoms with E-state index < -0.39 is 23.2 Å². The van der Waals surface area contributed by atoms with Crippen LogP contribution in [-0.2, 0) is 24.7 Å². The molecule has 1 aromatic carbocycles. The number of anilines is 1. The molecule has 1 aromatic rings. The van der Waals surface area contributed by atoms with Gasteiger partial charge in [0.1, 0.15) is 11.4 Å². The predicted octanol–water partition coefficient (Wildman–Crippen LogP) is 0.699. The van der Waals surface area contributed by atoms with Gasteiger partial charge in [0.15, 0.2) is 0 Å². The topological polar surface area (TPSA) is 78.9 Å². The van der Waals surface area contributed by atoms with Crippen LogP contribution in [0.1, 0.15) is 18.4 Å². The summed E-state index contributed by atoms with van der Waals surface area (Å²) in [5.74, 6) is -2.79. The molecule has 7 nitrogen and oxygen atoms in total. The Hall–Kier alpha value is -2.32. The van der Waals surface area contributed by atoms with Crippen LogP contribution in [0.4, 0.5) is 10.1 Å². The molecule has 4 atom stereocenters. The van der Waals surface area contributed by atoms with E-state index in [2.05, 4.69) is 5.32 Å². The van der Waals surface area contributed by atoms with Gasteiger partial charge in [-0.25, -0.2) is 4.39 Å². The zero-order valence-corrected chi connectivity index (χ0v) is 14.9. The van der Waals surface area contributed by atoms with Crippen LogP contribution < -0.4 is 5.32 Å². The number of ether oxygens (including phenoxy) is 1. The van der Waals surface area contributed by atoms with Crippen molar-refractivity contribution in [3.05, 3.63) is 29.6 Å². The molecule has 0 aromatic heterocycles. The summed E-state index contributed by atoms with van der Waals surface area (Å²) in [4.78, 5) is 42.8. The fraction of sp³-hybridized carbons (Fsp3) is 0.526. The number of halogens is 1. The number of imide groups is 1. The monoisotopic (exact) mass is 373 g/mol. The number of methoxy groups -OCH3 is 1. The normalized spacial score (nSPS) is 34.4. The number of nitrogens with zero attached hydrogens (tertiary/aromatic N) is 2. The van der Waals surface area contributed by atoms with Gasteiger partial charge in [-0.3, -0.25) is 24.2 Å². The standard InChI is InChI=1S/C19H20FN3O4/c1-27-8-7-22-16(24)14-13-3-2-6-23(13)19(15(14)17(22)25)11-9-10(20)4-5-12(11)21-18(19)26/h4-5,9,13-15H,2-3,6-8H2,1H3,(H,21,26)/t13-,14-,15-,19+/m0/s1. The molecular formula is C19H20FN3O4. The highest BCUT2D eigenvalue weighted by Gasteiger charge is 2.74. The van der Waals surface area contributed by atoms with Gasteiger partial charge in [0, 0.05) is 24.4 Å². The first kappa shape index (κ1) is 16.8. The highest BCUT2D eigenvalue weighted by molar-refractivity contribution is 6.15. The molecule has 5 rings (SSSR count). The molecule has 3 fully saturated rings. The molecule has 3 saturated heterocycles. The van der Waals surface area contributed by atoms with Crippen molar-refractivity contribution in [3.8, 4) is 0 Å². The van der Waals surface area contributed by atoms with Crippen LogP contribution in [0.5, 0.6) is 0 Å². The lowest BCUT2D eigenvalue weighted by atomic mass is 9.75. The van der Waals surface area contributed by atoms with Crippen molar-refractivity contribution in [2.75, 3.05) is 32.1 Å². The molecule has 0 radical (unpaired) electrons. The Morgan fingerprint density at radius 1 is 1.30 bits per heavy atom. The Morgan fingerprint density at radius 3 is 2.89 bits per heavy atom. The van der Waals surface area contributed by atoms with Crippen LogP contribution >= 0.6 is 0 Å². The van der Waals surface area contributed by atoms with E-state index in [9.17, 15) is 18.8 Å². The second kappa shape index (κ2) is 5.59. The van der Waals surface area contributed by atoms with E-state index in [0.29, 0.717) is 17.8 Å². The second-order valence-electron chi connectivity index (χ2n) is 7.64. The number of carbonyl (C=O) groups is 3. The lowest BCUT2D eigenvalue weighted by Crippen LogP contribution is -2.54. The first-order valence-electron chi connectivity index (χ1n) is 9.24. The number of hydrogen-bond acceptors (Lipinski definition) is 5. The molecule has 4 aliphatic heterocycles. The fourth-order valence-electron chi connectivity index (χ4n) is 5.64. The SMILES string of the molecule is COCCN1C(=O)[C@@H]2[C@@H](C1=O)[C@]1(C(=O)Nc3ccc(F)cc31)N1CCC[C@@H]21. The fourth-order valence-corrected chi connectivity index (χ4v) is 5.64. The van der Waals surface area contributed by atoms with Gasteiger partial charge in [0.2, 0.25) is 17.7 Å². The van der Waals surface area contributed by atoms with Gasteiger partial charge in [0.25, 0.3) is 0 Å². The molecule has 27 heavy (non-hydrogen) atoms. The van der Waals surface area contributed by atoms with E-state index in [-0.39, 0.29) is 36.9 Å². The Bertz CT molecular complexity index is 875. The molecule has 1 N–H and O–H groups in total. The Balaban J connectivity index is 1.69. The molecule has 0 unspecified atom stereocenters. The van der Waals surface area contributed by atoms with Crippen LogP contribution in [0.15, 0.2) is 18.2 Å². The van der Waals surface area contributed by atoms with E-state index >= 15 is 0 Å². The van der Waals surface area contributed by atoms with Gasteiger partial charge in [-0.1, -0.05) is 0 Å². The Morgan fingerprint density at radius 2 is 2.11 bits per heavy atom. The smallest absolute Gasteiger partial charge is 0.250 e. The Kier molecular flexibility index (Phi) is 3.48. The molecule has 4 aliphatic rings. The van der Waals surface area contributed by atoms with Crippen LogP contribution in [0.25, 0.3) is 0 Å². The first-order chi connectivity index (χ1) is 13.0. The number of hydrogen-bond donors (Lipinski definition) is 1. The summed E-state index contributed by atoms with van der Waals surface area (Å²) in [7, 11) is 1.51. The average Bonchev–Trinajstić information content (AvgIpc) is 3.33. The Labute approximate surface area is 155 Å². The van der Waals surface area contributed by atoms with E-state index in [1.165, 1.54) is 30.2 Å². The summed E-state index contributed by atoms with van der Waals surface area (Å²) in [6, 6.07) is 3.97. The minimum Gasteiger partial charge on any atom is -0.383 e. The van der Waals surface area contributed by atoms with Crippen molar-refractivity contribution < 1.29 is 23.5 Å². The van der Waals surface area contributed by atoms with Gasteiger partial charge in [-0.05, 0) is 37.6 Å². The molecule has 0 saturated carbocycles. The molecule has 8 heteroatoms. The minimum atomic E-state index is -1.31. The average molecular weight is 373 g/mol. The predicted molar refractivity (Wildman–Crippen MR) is 92.0 cm³/mol. The van der Waals surface area contributed by atoms with E-state index in [4.69, 9.17) is 4.74 Å². The van der Waals surface area contributed by atoms with Gasteiger partial charge in [-0.2, -0.15) is 0 Å². The van der Waals surface area contributed by atoms with Gasteiger partial charge in [-0.15, -0.1) is 0 Å². The molecular weight excluding hydrogens is 353 g/mol. The van der Waals surface area contributed by atoms with Crippen LogP contribution in [-0.4, -0.2) is 60.4 Å². The third kappa shape index (κ3) is 1.89. The van der Waals surface area contributed by atoms with Crippen LogP contribution in [0.3, 0.4) is 0 Å². The van der Waals surface area contributed by atoms with Crippen molar-refractivity contribution in [1.82, 2.24) is 9.80 Å². The number of rotatable bonds is 3. The van der Waals surface area contributed by atoms with E-state index in [0.717, 1.165) is 12.8 Å². The van der Waals surface area contributed by atoms with Crippen molar-refractivity contribution in [2.45, 2.75) is 24.4 Å². The first-order valence-corrected chi connectivity index (χ1v) is 9.24. The number of carbonyl (C=O) groups excluding carboxylic acids is 3. The summed E-state index contributed by atoms with van der Waals surface area (Å²) in [6.45, 7) is 1.02. The largest absolute Gasteiger partial charge is 0.383 e. The van der Waals surface area contributed by atoms with E-state index in [1.54, 1.807) is 0 Å². The number of likely N-dealkylation sites (tertiary alicyclic amines) is 1. The maximum atomic E-state index is 14.1. The highest BCUT2D eigenvalue weighted by atomic mass is 19.1. The van der Waals surface area contributed by atoms with Crippen LogP contribution in [0, 0.1) is 17.7 Å². The van der Waals surface area contributed by atoms with Crippen molar-refractivity contribution in [2.24, 2.45) is 11.8 Å². The molecule has 142 valence electrons. The highest BCUT2D eigenvalue weighted by Crippen LogP contribution is 2.60. The minimum absolute atomic E-state index is 0.168. The number of amides is 3. The lowest BCUT2D eigenvalue weighted by Gasteiger charge is -2.36. The van der Waals surface area contributed by atoms with Crippen molar-refractivity contribution in [1.29, 1.82) is 0 Å².